The number of rotatable bonds is 3. The standard InChI is InChI=1S/C10H7ClN2O2S/c11-7-4-12-10(15)13(5-7)6-8(14)9-2-1-3-16-9/h1-5H,6H2. The normalized spacial score (nSPS) is 10.3. The molecule has 2 heterocycles. The van der Waals surface area contributed by atoms with Crippen LogP contribution in [0.4, 0.5) is 0 Å². The predicted molar refractivity (Wildman–Crippen MR) is 62.2 cm³/mol. The van der Waals surface area contributed by atoms with Crippen LogP contribution in [0, 0.1) is 0 Å². The van der Waals surface area contributed by atoms with Gasteiger partial charge in [-0.3, -0.25) is 9.36 Å². The highest BCUT2D eigenvalue weighted by molar-refractivity contribution is 7.12. The molecule has 4 nitrogen and oxygen atoms in total. The van der Waals surface area contributed by atoms with Gasteiger partial charge in [0, 0.05) is 6.20 Å². The van der Waals surface area contributed by atoms with Gasteiger partial charge in [0.1, 0.15) is 0 Å². The Balaban J connectivity index is 2.25. The van der Waals surface area contributed by atoms with Crippen molar-refractivity contribution in [2.24, 2.45) is 0 Å². The van der Waals surface area contributed by atoms with Gasteiger partial charge in [0.05, 0.1) is 22.6 Å². The Kier molecular flexibility index (Phi) is 3.17. The van der Waals surface area contributed by atoms with Gasteiger partial charge >= 0.3 is 5.69 Å². The van der Waals surface area contributed by atoms with E-state index in [0.717, 1.165) is 0 Å². The van der Waals surface area contributed by atoms with Crippen molar-refractivity contribution >= 4 is 28.7 Å². The fourth-order valence-corrected chi connectivity index (χ4v) is 2.04. The molecular formula is C10H7ClN2O2S. The minimum atomic E-state index is -0.477. The van der Waals surface area contributed by atoms with Crippen LogP contribution in [0.5, 0.6) is 0 Å². The SMILES string of the molecule is O=C(Cn1cc(Cl)cnc1=O)c1cccs1. The molecule has 2 aromatic rings. The van der Waals surface area contributed by atoms with Crippen molar-refractivity contribution in [1.82, 2.24) is 9.55 Å². The van der Waals surface area contributed by atoms with Gasteiger partial charge in [0.2, 0.25) is 0 Å². The number of hydrogen-bond donors (Lipinski definition) is 0. The van der Waals surface area contributed by atoms with Crippen LogP contribution in [0.3, 0.4) is 0 Å². The zero-order valence-corrected chi connectivity index (χ0v) is 9.66. The molecule has 0 N–H and O–H groups in total. The summed E-state index contributed by atoms with van der Waals surface area (Å²) in [4.78, 5) is 27.2. The summed E-state index contributed by atoms with van der Waals surface area (Å²) >= 11 is 7.04. The maximum absolute atomic E-state index is 11.7. The molecule has 0 bridgehead atoms. The Labute approximate surface area is 100 Å². The zero-order chi connectivity index (χ0) is 11.5. The summed E-state index contributed by atoms with van der Waals surface area (Å²) in [7, 11) is 0. The molecule has 0 amide bonds. The van der Waals surface area contributed by atoms with Crippen molar-refractivity contribution < 1.29 is 4.79 Å². The second-order valence-corrected chi connectivity index (χ2v) is 4.47. The number of carbonyl (C=O) groups is 1. The number of nitrogens with zero attached hydrogens (tertiary/aromatic N) is 2. The Morgan fingerprint density at radius 3 is 3.06 bits per heavy atom. The molecule has 16 heavy (non-hydrogen) atoms. The van der Waals surface area contributed by atoms with Crippen LogP contribution in [-0.4, -0.2) is 15.3 Å². The third-order valence-corrected chi connectivity index (χ3v) is 3.04. The van der Waals surface area contributed by atoms with Crippen molar-refractivity contribution in [2.75, 3.05) is 0 Å². The predicted octanol–water partition coefficient (Wildman–Crippen LogP) is 1.84. The molecule has 0 aliphatic carbocycles. The highest BCUT2D eigenvalue weighted by atomic mass is 35.5. The fraction of sp³-hybridized carbons (Fsp3) is 0.100. The zero-order valence-electron chi connectivity index (χ0n) is 8.09. The van der Waals surface area contributed by atoms with Gasteiger partial charge in [0.25, 0.3) is 0 Å². The Morgan fingerprint density at radius 1 is 1.56 bits per heavy atom. The lowest BCUT2D eigenvalue weighted by atomic mass is 10.3. The number of Topliss-reactive ketones (excluding diaryl/α,β-unsaturated/α-hetero) is 1. The van der Waals surface area contributed by atoms with Gasteiger partial charge in [-0.1, -0.05) is 17.7 Å². The first kappa shape index (κ1) is 11.0. The van der Waals surface area contributed by atoms with E-state index in [1.807, 2.05) is 5.38 Å². The number of aromatic nitrogens is 2. The first-order valence-electron chi connectivity index (χ1n) is 4.45. The number of thiophene rings is 1. The lowest BCUT2D eigenvalue weighted by molar-refractivity contribution is 0.0974. The molecule has 2 aromatic heterocycles. The minimum absolute atomic E-state index is 0.0348. The molecule has 82 valence electrons. The third kappa shape index (κ3) is 2.37. The van der Waals surface area contributed by atoms with E-state index in [2.05, 4.69) is 4.98 Å². The Hall–Kier alpha value is -1.46. The number of ketones is 1. The summed E-state index contributed by atoms with van der Waals surface area (Å²) in [5.74, 6) is -0.124. The third-order valence-electron chi connectivity index (χ3n) is 1.93. The average molecular weight is 255 g/mol. The van der Waals surface area contributed by atoms with Crippen LogP contribution in [-0.2, 0) is 6.54 Å². The maximum atomic E-state index is 11.7. The summed E-state index contributed by atoms with van der Waals surface area (Å²) in [5.41, 5.74) is -0.477. The number of carbonyl (C=O) groups excluding carboxylic acids is 1. The van der Waals surface area contributed by atoms with E-state index in [4.69, 9.17) is 11.6 Å². The number of halogens is 1. The average Bonchev–Trinajstić information content (AvgIpc) is 2.76. The fourth-order valence-electron chi connectivity index (χ4n) is 1.21. The van der Waals surface area contributed by atoms with Crippen LogP contribution in [0.15, 0.2) is 34.7 Å². The Morgan fingerprint density at radius 2 is 2.38 bits per heavy atom. The monoisotopic (exact) mass is 254 g/mol. The van der Waals surface area contributed by atoms with E-state index in [0.29, 0.717) is 9.90 Å². The van der Waals surface area contributed by atoms with E-state index in [1.54, 1.807) is 12.1 Å². The molecule has 0 atom stereocenters. The molecule has 0 aliphatic rings. The molecule has 0 unspecified atom stereocenters. The summed E-state index contributed by atoms with van der Waals surface area (Å²) in [6.45, 7) is -0.0348. The molecule has 0 fully saturated rings. The summed E-state index contributed by atoms with van der Waals surface area (Å²) in [6.07, 6.45) is 2.67. The summed E-state index contributed by atoms with van der Waals surface area (Å²) < 4.78 is 1.20. The summed E-state index contributed by atoms with van der Waals surface area (Å²) in [5, 5.41) is 2.14. The molecule has 0 spiro atoms. The van der Waals surface area contributed by atoms with E-state index < -0.39 is 5.69 Å². The highest BCUT2D eigenvalue weighted by Gasteiger charge is 2.09. The van der Waals surface area contributed by atoms with Crippen LogP contribution >= 0.6 is 22.9 Å². The van der Waals surface area contributed by atoms with Crippen molar-refractivity contribution in [2.45, 2.75) is 6.54 Å². The molecule has 0 aliphatic heterocycles. The van der Waals surface area contributed by atoms with Gasteiger partial charge in [0.15, 0.2) is 5.78 Å². The first-order chi connectivity index (χ1) is 7.66. The van der Waals surface area contributed by atoms with Gasteiger partial charge in [-0.2, -0.15) is 0 Å². The van der Waals surface area contributed by atoms with Crippen molar-refractivity contribution in [3.05, 3.63) is 50.3 Å². The lowest BCUT2D eigenvalue weighted by Gasteiger charge is -2.02. The minimum Gasteiger partial charge on any atom is -0.291 e. The van der Waals surface area contributed by atoms with Crippen LogP contribution in [0.1, 0.15) is 9.67 Å². The summed E-state index contributed by atoms with van der Waals surface area (Å²) in [6, 6.07) is 3.51. The lowest BCUT2D eigenvalue weighted by Crippen LogP contribution is -2.25. The number of hydrogen-bond acceptors (Lipinski definition) is 4. The quantitative estimate of drug-likeness (QED) is 0.786. The molecule has 0 saturated carbocycles. The Bertz CT molecular complexity index is 562. The van der Waals surface area contributed by atoms with Gasteiger partial charge < -0.3 is 0 Å². The van der Waals surface area contributed by atoms with Gasteiger partial charge in [-0.15, -0.1) is 11.3 Å². The molecule has 0 radical (unpaired) electrons. The topological polar surface area (TPSA) is 52.0 Å². The van der Waals surface area contributed by atoms with Crippen molar-refractivity contribution in [3.63, 3.8) is 0 Å². The first-order valence-corrected chi connectivity index (χ1v) is 5.71. The van der Waals surface area contributed by atoms with Crippen LogP contribution in [0.2, 0.25) is 5.02 Å². The van der Waals surface area contributed by atoms with Crippen LogP contribution in [0.25, 0.3) is 0 Å². The molecule has 2 rings (SSSR count). The smallest absolute Gasteiger partial charge is 0.291 e. The largest absolute Gasteiger partial charge is 0.348 e. The second kappa shape index (κ2) is 4.59. The highest BCUT2D eigenvalue weighted by Crippen LogP contribution is 2.10. The van der Waals surface area contributed by atoms with Gasteiger partial charge in [-0.25, -0.2) is 9.78 Å². The van der Waals surface area contributed by atoms with E-state index in [1.165, 1.54) is 28.3 Å². The van der Waals surface area contributed by atoms with Crippen molar-refractivity contribution in [3.8, 4) is 0 Å². The van der Waals surface area contributed by atoms with E-state index >= 15 is 0 Å². The molecule has 0 aromatic carbocycles. The maximum Gasteiger partial charge on any atom is 0.348 e. The molecule has 6 heteroatoms. The van der Waals surface area contributed by atoms with E-state index in [9.17, 15) is 9.59 Å². The van der Waals surface area contributed by atoms with Crippen LogP contribution < -0.4 is 5.69 Å². The van der Waals surface area contributed by atoms with Gasteiger partial charge in [-0.05, 0) is 11.4 Å². The van der Waals surface area contributed by atoms with Crippen molar-refractivity contribution in [1.29, 1.82) is 0 Å². The van der Waals surface area contributed by atoms with E-state index in [-0.39, 0.29) is 12.3 Å². The molecule has 0 saturated heterocycles. The second-order valence-electron chi connectivity index (χ2n) is 3.08. The molecular weight excluding hydrogens is 248 g/mol.